The number of nitrogens with one attached hydrogen (secondary N) is 1. The number of likely N-dealkylation sites (N-methyl/N-ethyl adjacent to an activating group) is 1. The molecule has 0 rings (SSSR count). The zero-order chi connectivity index (χ0) is 55.6. The first-order valence-corrected chi connectivity index (χ1v) is 34.9. The average Bonchev–Trinajstić information content (AvgIpc) is 3.38. The van der Waals surface area contributed by atoms with Crippen LogP contribution in [0.15, 0.2) is 36.5 Å². The molecule has 76 heavy (non-hydrogen) atoms. The Kier molecular flexibility index (Phi) is 57.4. The summed E-state index contributed by atoms with van der Waals surface area (Å²) >= 11 is 0. The molecule has 3 atom stereocenters. The van der Waals surface area contributed by atoms with E-state index >= 15 is 0 Å². The van der Waals surface area contributed by atoms with Crippen LogP contribution < -0.4 is 5.32 Å². The SMILES string of the molecule is CCCCCCC/C=C\C/C=C\CCCCCCCCCCCCCCCC(=O)NC(COP(=O)(O)OCC[N+](C)(C)C)C(O)/C=C/CCCCCCCCCCCCCCCCCCCCCCCCCCCCC. The van der Waals surface area contributed by atoms with Crippen LogP contribution in [0.4, 0.5) is 0 Å². The predicted molar refractivity (Wildman–Crippen MR) is 332 cm³/mol. The molecule has 0 fully saturated rings. The Bertz CT molecular complexity index is 1330. The molecule has 0 spiro atoms. The molecule has 0 aliphatic heterocycles. The van der Waals surface area contributed by atoms with Gasteiger partial charge in [0.25, 0.3) is 0 Å². The molecule has 0 aromatic heterocycles. The molecule has 0 heterocycles. The molecule has 0 aromatic carbocycles. The van der Waals surface area contributed by atoms with E-state index in [-0.39, 0.29) is 19.1 Å². The number of phosphoric ester groups is 1. The third-order valence-corrected chi connectivity index (χ3v) is 16.3. The van der Waals surface area contributed by atoms with E-state index in [1.165, 1.54) is 270 Å². The van der Waals surface area contributed by atoms with Crippen LogP contribution in [0.2, 0.25) is 0 Å². The lowest BCUT2D eigenvalue weighted by atomic mass is 10.0. The highest BCUT2D eigenvalue weighted by molar-refractivity contribution is 7.47. The van der Waals surface area contributed by atoms with Crippen LogP contribution in [0, 0.1) is 0 Å². The van der Waals surface area contributed by atoms with E-state index in [1.807, 2.05) is 27.2 Å². The molecule has 0 aliphatic carbocycles. The van der Waals surface area contributed by atoms with Crippen LogP contribution in [-0.2, 0) is 18.4 Å². The first kappa shape index (κ1) is 74.7. The quantitative estimate of drug-likeness (QED) is 0.0243. The summed E-state index contributed by atoms with van der Waals surface area (Å²) in [5.74, 6) is -0.173. The lowest BCUT2D eigenvalue weighted by molar-refractivity contribution is -0.870. The summed E-state index contributed by atoms with van der Waals surface area (Å²) in [4.78, 5) is 23.4. The lowest BCUT2D eigenvalue weighted by Gasteiger charge is -2.25. The molecular weight excluding hydrogens is 960 g/mol. The topological polar surface area (TPSA) is 105 Å². The molecule has 3 unspecified atom stereocenters. The Balaban J connectivity index is 4.09. The largest absolute Gasteiger partial charge is 0.472 e. The van der Waals surface area contributed by atoms with Crippen molar-refractivity contribution in [1.82, 2.24) is 5.32 Å². The number of hydrogen-bond donors (Lipinski definition) is 3. The minimum atomic E-state index is -4.35. The van der Waals surface area contributed by atoms with Gasteiger partial charge >= 0.3 is 7.82 Å². The van der Waals surface area contributed by atoms with Crippen molar-refractivity contribution in [2.24, 2.45) is 0 Å². The van der Waals surface area contributed by atoms with Gasteiger partial charge in [0.05, 0.1) is 39.9 Å². The van der Waals surface area contributed by atoms with Gasteiger partial charge in [0.2, 0.25) is 5.91 Å². The number of rotatable bonds is 62. The number of hydrogen-bond acceptors (Lipinski definition) is 5. The molecule has 0 aliphatic rings. The summed E-state index contributed by atoms with van der Waals surface area (Å²) < 4.78 is 23.8. The second kappa shape index (κ2) is 58.4. The van der Waals surface area contributed by atoms with E-state index in [4.69, 9.17) is 9.05 Å². The van der Waals surface area contributed by atoms with Gasteiger partial charge in [0.15, 0.2) is 0 Å². The summed E-state index contributed by atoms with van der Waals surface area (Å²) in [6.07, 6.45) is 77.0. The van der Waals surface area contributed by atoms with Crippen molar-refractivity contribution in [3.63, 3.8) is 0 Å². The van der Waals surface area contributed by atoms with E-state index < -0.39 is 20.0 Å². The number of carbonyl (C=O) groups is 1. The minimum Gasteiger partial charge on any atom is -0.387 e. The Morgan fingerprint density at radius 3 is 1.08 bits per heavy atom. The molecule has 450 valence electrons. The number of allylic oxidation sites excluding steroid dienone is 5. The number of carbonyl (C=O) groups excluding carboxylic acids is 1. The highest BCUT2D eigenvalue weighted by Crippen LogP contribution is 2.43. The van der Waals surface area contributed by atoms with Crippen LogP contribution in [0.1, 0.15) is 335 Å². The Morgan fingerprint density at radius 2 is 0.750 bits per heavy atom. The fourth-order valence-electron chi connectivity index (χ4n) is 10.1. The molecule has 0 saturated heterocycles. The fraction of sp³-hybridized carbons (Fsp3) is 0.896. The molecule has 0 bridgehead atoms. The van der Waals surface area contributed by atoms with E-state index in [9.17, 15) is 19.4 Å². The number of phosphoric acid groups is 1. The molecule has 1 amide bonds. The first-order chi connectivity index (χ1) is 37.0. The molecule has 9 heteroatoms. The zero-order valence-corrected chi connectivity index (χ0v) is 52.4. The normalized spacial score (nSPS) is 13.9. The van der Waals surface area contributed by atoms with Gasteiger partial charge < -0.3 is 19.8 Å². The maximum absolute atomic E-state index is 13.0. The van der Waals surface area contributed by atoms with Crippen molar-refractivity contribution < 1.29 is 32.9 Å². The van der Waals surface area contributed by atoms with Crippen LogP contribution in [-0.4, -0.2) is 73.4 Å². The van der Waals surface area contributed by atoms with Crippen molar-refractivity contribution in [1.29, 1.82) is 0 Å². The third-order valence-electron chi connectivity index (χ3n) is 15.4. The van der Waals surface area contributed by atoms with Gasteiger partial charge in [-0.1, -0.05) is 314 Å². The summed E-state index contributed by atoms with van der Waals surface area (Å²) in [6.45, 7) is 4.86. The maximum Gasteiger partial charge on any atom is 0.472 e. The standard InChI is InChI=1S/C67H131N2O6P/c1-6-8-10-12-14-16-18-20-22-24-26-28-30-32-33-34-35-37-38-40-42-44-46-48-50-52-54-56-58-60-66(70)65(64-75-76(72,73)74-63-62-69(3,4)5)68-67(71)61-59-57-55-53-51-49-47-45-43-41-39-36-31-29-27-25-23-21-19-17-15-13-11-9-7-2/h19,21,25,27,58,60,65-66,70H,6-18,20,22-24,26,28-57,59,61-64H2,1-5H3,(H-,68,71,72,73)/p+1/b21-19-,27-25-,60-58+. The zero-order valence-electron chi connectivity index (χ0n) is 51.5. The number of unbranched alkanes of at least 4 members (excludes halogenated alkanes) is 45. The molecule has 0 radical (unpaired) electrons. The highest BCUT2D eigenvalue weighted by atomic mass is 31.2. The fourth-order valence-corrected chi connectivity index (χ4v) is 10.9. The minimum absolute atomic E-state index is 0.0625. The van der Waals surface area contributed by atoms with Gasteiger partial charge in [0, 0.05) is 6.42 Å². The molecule has 0 aromatic rings. The predicted octanol–water partition coefficient (Wildman–Crippen LogP) is 20.9. The van der Waals surface area contributed by atoms with E-state index in [1.54, 1.807) is 6.08 Å². The monoisotopic (exact) mass is 1090 g/mol. The summed E-state index contributed by atoms with van der Waals surface area (Å²) in [6, 6.07) is -0.848. The second-order valence-corrected chi connectivity index (χ2v) is 25.7. The average molecular weight is 1090 g/mol. The van der Waals surface area contributed by atoms with Crippen LogP contribution in [0.5, 0.6) is 0 Å². The number of aliphatic hydroxyl groups excluding tert-OH is 1. The van der Waals surface area contributed by atoms with Gasteiger partial charge in [0.1, 0.15) is 13.2 Å². The van der Waals surface area contributed by atoms with Gasteiger partial charge in [-0.3, -0.25) is 13.8 Å². The molecule has 8 nitrogen and oxygen atoms in total. The van der Waals surface area contributed by atoms with Gasteiger partial charge in [-0.2, -0.15) is 0 Å². The number of quaternary nitrogens is 1. The molecule has 0 saturated carbocycles. The van der Waals surface area contributed by atoms with E-state index in [2.05, 4.69) is 43.5 Å². The number of nitrogens with zero attached hydrogens (tertiary/aromatic N) is 1. The smallest absolute Gasteiger partial charge is 0.387 e. The first-order valence-electron chi connectivity index (χ1n) is 33.4. The highest BCUT2D eigenvalue weighted by Gasteiger charge is 2.28. The van der Waals surface area contributed by atoms with Gasteiger partial charge in [-0.05, 0) is 51.4 Å². The van der Waals surface area contributed by atoms with Crippen LogP contribution in [0.25, 0.3) is 0 Å². The summed E-state index contributed by atoms with van der Waals surface area (Å²) in [5, 5.41) is 14.0. The van der Waals surface area contributed by atoms with E-state index in [0.717, 1.165) is 44.9 Å². The second-order valence-electron chi connectivity index (χ2n) is 24.2. The maximum atomic E-state index is 13.0. The lowest BCUT2D eigenvalue weighted by Crippen LogP contribution is -2.45. The van der Waals surface area contributed by atoms with Crippen LogP contribution in [0.3, 0.4) is 0 Å². The van der Waals surface area contributed by atoms with Crippen molar-refractivity contribution >= 4 is 13.7 Å². The Labute approximate surface area is 474 Å². The van der Waals surface area contributed by atoms with Crippen molar-refractivity contribution in [2.45, 2.75) is 347 Å². The van der Waals surface area contributed by atoms with Crippen molar-refractivity contribution in [3.8, 4) is 0 Å². The Hall–Kier alpha value is -1.28. The van der Waals surface area contributed by atoms with E-state index in [0.29, 0.717) is 17.4 Å². The summed E-state index contributed by atoms with van der Waals surface area (Å²) in [7, 11) is 1.58. The van der Waals surface area contributed by atoms with Crippen LogP contribution >= 0.6 is 7.82 Å². The van der Waals surface area contributed by atoms with Gasteiger partial charge in [-0.15, -0.1) is 0 Å². The summed E-state index contributed by atoms with van der Waals surface area (Å²) in [5.41, 5.74) is 0. The van der Waals surface area contributed by atoms with Gasteiger partial charge in [-0.25, -0.2) is 4.57 Å². The molecular formula is C67H132N2O6P+. The Morgan fingerprint density at radius 1 is 0.447 bits per heavy atom. The third kappa shape index (κ3) is 60.4. The number of aliphatic hydroxyl groups is 1. The number of amides is 1. The molecule has 3 N–H and O–H groups in total. The van der Waals surface area contributed by atoms with Crippen molar-refractivity contribution in [2.75, 3.05) is 40.9 Å². The van der Waals surface area contributed by atoms with Crippen molar-refractivity contribution in [3.05, 3.63) is 36.5 Å².